The standard InChI is InChI=1S/C12H21NO3/c1-2-12(15)16-10-6-9-13-8-5-3-4-7-11(13)14/h2-10H2,1H3. The second-order valence-electron chi connectivity index (χ2n) is 4.12. The largest absolute Gasteiger partial charge is 0.466 e. The minimum Gasteiger partial charge on any atom is -0.466 e. The summed E-state index contributed by atoms with van der Waals surface area (Å²) >= 11 is 0. The summed E-state index contributed by atoms with van der Waals surface area (Å²) in [6.07, 6.45) is 5.10. The molecule has 92 valence electrons. The maximum Gasteiger partial charge on any atom is 0.305 e. The van der Waals surface area contributed by atoms with Crippen molar-refractivity contribution in [1.29, 1.82) is 0 Å². The monoisotopic (exact) mass is 227 g/mol. The van der Waals surface area contributed by atoms with Crippen molar-refractivity contribution in [3.63, 3.8) is 0 Å². The van der Waals surface area contributed by atoms with Crippen molar-refractivity contribution in [3.8, 4) is 0 Å². The van der Waals surface area contributed by atoms with Crippen LogP contribution >= 0.6 is 0 Å². The van der Waals surface area contributed by atoms with Crippen molar-refractivity contribution in [1.82, 2.24) is 4.90 Å². The highest BCUT2D eigenvalue weighted by Crippen LogP contribution is 2.11. The average Bonchev–Trinajstić information content (AvgIpc) is 2.49. The first kappa shape index (κ1) is 13.0. The van der Waals surface area contributed by atoms with Crippen molar-refractivity contribution in [2.24, 2.45) is 0 Å². The minimum absolute atomic E-state index is 0.165. The number of rotatable bonds is 5. The second kappa shape index (κ2) is 7.25. The second-order valence-corrected chi connectivity index (χ2v) is 4.12. The van der Waals surface area contributed by atoms with Gasteiger partial charge in [-0.1, -0.05) is 13.3 Å². The Balaban J connectivity index is 2.15. The normalized spacial score (nSPS) is 17.1. The molecule has 1 rings (SSSR count). The zero-order chi connectivity index (χ0) is 11.8. The van der Waals surface area contributed by atoms with Gasteiger partial charge >= 0.3 is 5.97 Å². The smallest absolute Gasteiger partial charge is 0.305 e. The number of carbonyl (C=O) groups excluding carboxylic acids is 2. The van der Waals surface area contributed by atoms with Crippen molar-refractivity contribution in [2.75, 3.05) is 19.7 Å². The summed E-state index contributed by atoms with van der Waals surface area (Å²) in [6.45, 7) is 3.79. The average molecular weight is 227 g/mol. The maximum atomic E-state index is 11.6. The Hall–Kier alpha value is -1.06. The Morgan fingerprint density at radius 1 is 1.38 bits per heavy atom. The molecular formula is C12H21NO3. The highest BCUT2D eigenvalue weighted by molar-refractivity contribution is 5.76. The van der Waals surface area contributed by atoms with Gasteiger partial charge in [-0.25, -0.2) is 0 Å². The summed E-state index contributed by atoms with van der Waals surface area (Å²) in [4.78, 5) is 24.4. The van der Waals surface area contributed by atoms with E-state index in [1.165, 1.54) is 0 Å². The SMILES string of the molecule is CCC(=O)OCCCN1CCCCCC1=O. The zero-order valence-corrected chi connectivity index (χ0v) is 10.0. The topological polar surface area (TPSA) is 46.6 Å². The molecule has 1 amide bonds. The summed E-state index contributed by atoms with van der Waals surface area (Å²) in [5.41, 5.74) is 0. The molecule has 0 atom stereocenters. The summed E-state index contributed by atoms with van der Waals surface area (Å²) in [5, 5.41) is 0. The number of ether oxygens (including phenoxy) is 1. The first-order valence-corrected chi connectivity index (χ1v) is 6.17. The van der Waals surface area contributed by atoms with Gasteiger partial charge in [-0.3, -0.25) is 9.59 Å². The van der Waals surface area contributed by atoms with Crippen LogP contribution in [0.4, 0.5) is 0 Å². The van der Waals surface area contributed by atoms with E-state index in [9.17, 15) is 9.59 Å². The Kier molecular flexibility index (Phi) is 5.90. The number of carbonyl (C=O) groups is 2. The highest BCUT2D eigenvalue weighted by Gasteiger charge is 2.15. The van der Waals surface area contributed by atoms with Crippen LogP contribution in [0.2, 0.25) is 0 Å². The molecule has 0 aliphatic carbocycles. The molecule has 16 heavy (non-hydrogen) atoms. The lowest BCUT2D eigenvalue weighted by molar-refractivity contribution is -0.143. The summed E-state index contributed by atoms with van der Waals surface area (Å²) in [5.74, 6) is 0.0847. The van der Waals surface area contributed by atoms with E-state index in [-0.39, 0.29) is 11.9 Å². The molecule has 4 heteroatoms. The van der Waals surface area contributed by atoms with Crippen LogP contribution in [0, 0.1) is 0 Å². The van der Waals surface area contributed by atoms with Gasteiger partial charge in [0.15, 0.2) is 0 Å². The van der Waals surface area contributed by atoms with Crippen molar-refractivity contribution < 1.29 is 14.3 Å². The molecular weight excluding hydrogens is 206 g/mol. The summed E-state index contributed by atoms with van der Waals surface area (Å²) < 4.78 is 4.97. The third-order valence-corrected chi connectivity index (χ3v) is 2.80. The van der Waals surface area contributed by atoms with Crippen molar-refractivity contribution >= 4 is 11.9 Å². The fraction of sp³-hybridized carbons (Fsp3) is 0.833. The van der Waals surface area contributed by atoms with Crippen LogP contribution in [0.15, 0.2) is 0 Å². The molecule has 0 aromatic rings. The van der Waals surface area contributed by atoms with Gasteiger partial charge in [0.1, 0.15) is 0 Å². The fourth-order valence-electron chi connectivity index (χ4n) is 1.82. The van der Waals surface area contributed by atoms with Gasteiger partial charge in [0.25, 0.3) is 0 Å². The third kappa shape index (κ3) is 4.64. The van der Waals surface area contributed by atoms with Crippen LogP contribution in [0.25, 0.3) is 0 Å². The van der Waals surface area contributed by atoms with Crippen molar-refractivity contribution in [3.05, 3.63) is 0 Å². The molecule has 1 saturated heterocycles. The van der Waals surface area contributed by atoms with Gasteiger partial charge in [0.05, 0.1) is 6.61 Å². The van der Waals surface area contributed by atoms with Gasteiger partial charge < -0.3 is 9.64 Å². The number of amides is 1. The number of nitrogens with zero attached hydrogens (tertiary/aromatic N) is 1. The Morgan fingerprint density at radius 2 is 2.19 bits per heavy atom. The fourth-order valence-corrected chi connectivity index (χ4v) is 1.82. The first-order chi connectivity index (χ1) is 7.74. The van der Waals surface area contributed by atoms with E-state index in [0.29, 0.717) is 19.4 Å². The zero-order valence-electron chi connectivity index (χ0n) is 10.0. The lowest BCUT2D eigenvalue weighted by Gasteiger charge is -2.20. The van der Waals surface area contributed by atoms with E-state index in [2.05, 4.69) is 0 Å². The van der Waals surface area contributed by atoms with E-state index < -0.39 is 0 Å². The van der Waals surface area contributed by atoms with Gasteiger partial charge in [-0.15, -0.1) is 0 Å². The quantitative estimate of drug-likeness (QED) is 0.531. The van der Waals surface area contributed by atoms with Crippen LogP contribution in [-0.2, 0) is 14.3 Å². The van der Waals surface area contributed by atoms with Crippen LogP contribution in [0.3, 0.4) is 0 Å². The van der Waals surface area contributed by atoms with E-state index in [1.807, 2.05) is 4.90 Å². The van der Waals surface area contributed by atoms with Crippen molar-refractivity contribution in [2.45, 2.75) is 45.4 Å². The molecule has 0 saturated carbocycles. The van der Waals surface area contributed by atoms with E-state index >= 15 is 0 Å². The predicted molar refractivity (Wildman–Crippen MR) is 60.9 cm³/mol. The molecule has 0 bridgehead atoms. The molecule has 1 fully saturated rings. The van der Waals surface area contributed by atoms with Crippen LogP contribution in [0.1, 0.15) is 45.4 Å². The number of hydrogen-bond donors (Lipinski definition) is 0. The third-order valence-electron chi connectivity index (χ3n) is 2.80. The molecule has 1 aliphatic heterocycles. The highest BCUT2D eigenvalue weighted by atomic mass is 16.5. The molecule has 4 nitrogen and oxygen atoms in total. The molecule has 0 aromatic carbocycles. The number of likely N-dealkylation sites (tertiary alicyclic amines) is 1. The van der Waals surface area contributed by atoms with Crippen LogP contribution < -0.4 is 0 Å². The van der Waals surface area contributed by atoms with E-state index in [1.54, 1.807) is 6.92 Å². The first-order valence-electron chi connectivity index (χ1n) is 6.17. The maximum absolute atomic E-state index is 11.6. The summed E-state index contributed by atoms with van der Waals surface area (Å²) in [6, 6.07) is 0. The predicted octanol–water partition coefficient (Wildman–Crippen LogP) is 1.73. The Morgan fingerprint density at radius 3 is 2.94 bits per heavy atom. The molecule has 1 heterocycles. The lowest BCUT2D eigenvalue weighted by Crippen LogP contribution is -2.31. The van der Waals surface area contributed by atoms with Gasteiger partial charge in [-0.2, -0.15) is 0 Å². The van der Waals surface area contributed by atoms with E-state index in [0.717, 1.165) is 38.8 Å². The molecule has 0 unspecified atom stereocenters. The summed E-state index contributed by atoms with van der Waals surface area (Å²) in [7, 11) is 0. The van der Waals surface area contributed by atoms with Gasteiger partial charge in [-0.05, 0) is 19.3 Å². The Labute approximate surface area is 96.9 Å². The van der Waals surface area contributed by atoms with Crippen LogP contribution in [-0.4, -0.2) is 36.5 Å². The van der Waals surface area contributed by atoms with Crippen LogP contribution in [0.5, 0.6) is 0 Å². The molecule has 0 radical (unpaired) electrons. The van der Waals surface area contributed by atoms with Gasteiger partial charge in [0, 0.05) is 25.9 Å². The lowest BCUT2D eigenvalue weighted by atomic mass is 10.2. The minimum atomic E-state index is -0.165. The number of hydrogen-bond acceptors (Lipinski definition) is 3. The molecule has 1 aliphatic rings. The molecule has 0 aromatic heterocycles. The van der Waals surface area contributed by atoms with Gasteiger partial charge in [0.2, 0.25) is 5.91 Å². The Bertz CT molecular complexity index is 240. The number of esters is 1. The van der Waals surface area contributed by atoms with E-state index in [4.69, 9.17) is 4.74 Å². The molecule has 0 spiro atoms. The molecule has 0 N–H and O–H groups in total.